The first-order valence-electron chi connectivity index (χ1n) is 10.4. The molecule has 2 aliphatic heterocycles. The highest BCUT2D eigenvalue weighted by Gasteiger charge is 2.22. The zero-order valence-electron chi connectivity index (χ0n) is 16.9. The summed E-state index contributed by atoms with van der Waals surface area (Å²) >= 11 is 0. The van der Waals surface area contributed by atoms with Gasteiger partial charge in [0.05, 0.1) is 7.11 Å². The van der Waals surface area contributed by atoms with Crippen LogP contribution in [0.3, 0.4) is 0 Å². The molecule has 0 spiro atoms. The first-order valence-corrected chi connectivity index (χ1v) is 10.4. The van der Waals surface area contributed by atoms with Crippen LogP contribution < -0.4 is 15.0 Å². The highest BCUT2D eigenvalue weighted by molar-refractivity contribution is 5.78. The van der Waals surface area contributed by atoms with E-state index in [0.717, 1.165) is 50.5 Å². The van der Waals surface area contributed by atoms with E-state index in [1.54, 1.807) is 7.11 Å². The third-order valence-corrected chi connectivity index (χ3v) is 5.58. The van der Waals surface area contributed by atoms with Crippen molar-refractivity contribution < 1.29 is 14.3 Å². The Bertz CT molecular complexity index is 634. The first kappa shape index (κ1) is 20.3. The summed E-state index contributed by atoms with van der Waals surface area (Å²) in [7, 11) is 1.66. The molecule has 0 bridgehead atoms. The molecule has 2 heterocycles. The molecule has 3 rings (SSSR count). The van der Waals surface area contributed by atoms with Gasteiger partial charge < -0.3 is 24.8 Å². The quantitative estimate of drug-likeness (QED) is 0.841. The number of rotatable bonds is 5. The fourth-order valence-corrected chi connectivity index (χ4v) is 3.83. The van der Waals surface area contributed by atoms with Crippen LogP contribution in [0.15, 0.2) is 24.3 Å². The molecular formula is C21H32N4O3. The summed E-state index contributed by atoms with van der Waals surface area (Å²) in [6, 6.07) is 7.93. The molecule has 1 N–H and O–H groups in total. The Morgan fingerprint density at radius 1 is 0.893 bits per heavy atom. The number of likely N-dealkylation sites (tertiary alicyclic amines) is 1. The Labute approximate surface area is 167 Å². The number of carbonyl (C=O) groups is 2. The van der Waals surface area contributed by atoms with Gasteiger partial charge in [-0.3, -0.25) is 4.79 Å². The molecule has 2 aliphatic rings. The number of nitrogens with one attached hydrogen (secondary N) is 1. The van der Waals surface area contributed by atoms with E-state index in [2.05, 4.69) is 10.2 Å². The molecule has 2 fully saturated rings. The van der Waals surface area contributed by atoms with Gasteiger partial charge in [-0.25, -0.2) is 4.79 Å². The van der Waals surface area contributed by atoms with Gasteiger partial charge in [0, 0.05) is 57.9 Å². The normalized spacial score (nSPS) is 17.8. The standard InChI is InChI=1S/C21H32N4O3/c1-28-19-8-6-18(7-9-19)23-14-16-25(17-15-23)21(27)22-11-10-20(26)24-12-4-2-3-5-13-24/h6-9H,2-5,10-17H2,1H3,(H,22,27). The summed E-state index contributed by atoms with van der Waals surface area (Å²) in [5.41, 5.74) is 1.14. The number of anilines is 1. The molecule has 1 aromatic rings. The average Bonchev–Trinajstić information content (AvgIpc) is 3.03. The van der Waals surface area contributed by atoms with Crippen LogP contribution >= 0.6 is 0 Å². The fraction of sp³-hybridized carbons (Fsp3) is 0.619. The van der Waals surface area contributed by atoms with E-state index in [1.165, 1.54) is 12.8 Å². The predicted octanol–water partition coefficient (Wildman–Crippen LogP) is 2.32. The van der Waals surface area contributed by atoms with Gasteiger partial charge in [-0.05, 0) is 37.1 Å². The van der Waals surface area contributed by atoms with Crippen molar-refractivity contribution in [1.82, 2.24) is 15.1 Å². The van der Waals surface area contributed by atoms with Gasteiger partial charge in [-0.1, -0.05) is 12.8 Å². The number of methoxy groups -OCH3 is 1. The molecule has 1 aromatic carbocycles. The van der Waals surface area contributed by atoms with E-state index in [-0.39, 0.29) is 11.9 Å². The zero-order valence-corrected chi connectivity index (χ0v) is 16.9. The SMILES string of the molecule is COc1ccc(N2CCN(C(=O)NCCC(=O)N3CCCCCC3)CC2)cc1. The highest BCUT2D eigenvalue weighted by Crippen LogP contribution is 2.20. The first-order chi connectivity index (χ1) is 13.7. The average molecular weight is 389 g/mol. The number of carbonyl (C=O) groups excluding carboxylic acids is 2. The maximum Gasteiger partial charge on any atom is 0.317 e. The van der Waals surface area contributed by atoms with Crippen molar-refractivity contribution in [3.8, 4) is 5.75 Å². The van der Waals surface area contributed by atoms with Crippen LogP contribution in [0, 0.1) is 0 Å². The van der Waals surface area contributed by atoms with Crippen molar-refractivity contribution in [2.75, 3.05) is 57.8 Å². The van der Waals surface area contributed by atoms with Gasteiger partial charge in [0.15, 0.2) is 0 Å². The Hall–Kier alpha value is -2.44. The van der Waals surface area contributed by atoms with Crippen molar-refractivity contribution in [2.24, 2.45) is 0 Å². The molecule has 0 atom stereocenters. The minimum Gasteiger partial charge on any atom is -0.497 e. The van der Waals surface area contributed by atoms with Crippen molar-refractivity contribution in [2.45, 2.75) is 32.1 Å². The zero-order chi connectivity index (χ0) is 19.8. The molecule has 0 unspecified atom stereocenters. The number of amides is 3. The lowest BCUT2D eigenvalue weighted by atomic mass is 10.2. The lowest BCUT2D eigenvalue weighted by Gasteiger charge is -2.36. The van der Waals surface area contributed by atoms with Gasteiger partial charge >= 0.3 is 6.03 Å². The minimum atomic E-state index is -0.0713. The van der Waals surface area contributed by atoms with Gasteiger partial charge in [0.1, 0.15) is 5.75 Å². The molecule has 154 valence electrons. The van der Waals surface area contributed by atoms with Crippen molar-refractivity contribution in [3.63, 3.8) is 0 Å². The third kappa shape index (κ3) is 5.53. The van der Waals surface area contributed by atoms with Crippen LogP contribution in [0.5, 0.6) is 5.75 Å². The predicted molar refractivity (Wildman–Crippen MR) is 110 cm³/mol. The number of ether oxygens (including phenoxy) is 1. The van der Waals surface area contributed by atoms with Crippen LogP contribution in [-0.2, 0) is 4.79 Å². The largest absolute Gasteiger partial charge is 0.497 e. The molecule has 2 saturated heterocycles. The monoisotopic (exact) mass is 388 g/mol. The smallest absolute Gasteiger partial charge is 0.317 e. The fourth-order valence-electron chi connectivity index (χ4n) is 3.83. The number of nitrogens with zero attached hydrogens (tertiary/aromatic N) is 3. The van der Waals surface area contributed by atoms with E-state index >= 15 is 0 Å². The molecule has 3 amide bonds. The molecule has 7 heteroatoms. The van der Waals surface area contributed by atoms with Gasteiger partial charge in [-0.2, -0.15) is 0 Å². The summed E-state index contributed by atoms with van der Waals surface area (Å²) < 4.78 is 5.20. The van der Waals surface area contributed by atoms with E-state index in [9.17, 15) is 9.59 Å². The molecule has 28 heavy (non-hydrogen) atoms. The molecule has 7 nitrogen and oxygen atoms in total. The summed E-state index contributed by atoms with van der Waals surface area (Å²) in [5.74, 6) is 1.00. The summed E-state index contributed by atoms with van der Waals surface area (Å²) in [5, 5.41) is 2.91. The van der Waals surface area contributed by atoms with Crippen LogP contribution in [0.1, 0.15) is 32.1 Å². The number of hydrogen-bond acceptors (Lipinski definition) is 4. The second-order valence-corrected chi connectivity index (χ2v) is 7.45. The van der Waals surface area contributed by atoms with E-state index in [0.29, 0.717) is 26.1 Å². The number of benzene rings is 1. The van der Waals surface area contributed by atoms with E-state index in [4.69, 9.17) is 4.74 Å². The Balaban J connectivity index is 1.37. The lowest BCUT2D eigenvalue weighted by molar-refractivity contribution is -0.131. The highest BCUT2D eigenvalue weighted by atomic mass is 16.5. The lowest BCUT2D eigenvalue weighted by Crippen LogP contribution is -2.52. The van der Waals surface area contributed by atoms with E-state index in [1.807, 2.05) is 34.1 Å². The van der Waals surface area contributed by atoms with Gasteiger partial charge in [0.25, 0.3) is 0 Å². The topological polar surface area (TPSA) is 65.1 Å². The second kappa shape index (κ2) is 10.2. The summed E-state index contributed by atoms with van der Waals surface area (Å²) in [6.45, 7) is 5.09. The number of urea groups is 1. The second-order valence-electron chi connectivity index (χ2n) is 7.45. The Morgan fingerprint density at radius 2 is 1.54 bits per heavy atom. The summed E-state index contributed by atoms with van der Waals surface area (Å²) in [6.07, 6.45) is 5.00. The Morgan fingerprint density at radius 3 is 2.14 bits per heavy atom. The van der Waals surface area contributed by atoms with Crippen LogP contribution in [0.4, 0.5) is 10.5 Å². The molecule has 0 aromatic heterocycles. The third-order valence-electron chi connectivity index (χ3n) is 5.58. The maximum absolute atomic E-state index is 12.4. The number of hydrogen-bond donors (Lipinski definition) is 1. The summed E-state index contributed by atoms with van der Waals surface area (Å²) in [4.78, 5) is 30.7. The van der Waals surface area contributed by atoms with Crippen molar-refractivity contribution in [3.05, 3.63) is 24.3 Å². The minimum absolute atomic E-state index is 0.0713. The maximum atomic E-state index is 12.4. The van der Waals surface area contributed by atoms with Gasteiger partial charge in [0.2, 0.25) is 5.91 Å². The van der Waals surface area contributed by atoms with E-state index < -0.39 is 0 Å². The molecule has 0 radical (unpaired) electrons. The van der Waals surface area contributed by atoms with Crippen molar-refractivity contribution in [1.29, 1.82) is 0 Å². The molecule has 0 saturated carbocycles. The Kier molecular flexibility index (Phi) is 7.39. The molecule has 0 aliphatic carbocycles. The van der Waals surface area contributed by atoms with Crippen LogP contribution in [0.25, 0.3) is 0 Å². The molecular weight excluding hydrogens is 356 g/mol. The van der Waals surface area contributed by atoms with Crippen LogP contribution in [-0.4, -0.2) is 74.7 Å². The van der Waals surface area contributed by atoms with Crippen LogP contribution in [0.2, 0.25) is 0 Å². The number of piperazine rings is 1. The van der Waals surface area contributed by atoms with Gasteiger partial charge in [-0.15, -0.1) is 0 Å². The van der Waals surface area contributed by atoms with Crippen molar-refractivity contribution >= 4 is 17.6 Å².